The second-order valence-corrected chi connectivity index (χ2v) is 4.89. The zero-order valence-corrected chi connectivity index (χ0v) is 10.2. The van der Waals surface area contributed by atoms with Crippen molar-refractivity contribution in [2.24, 2.45) is 0 Å². The molecule has 0 aliphatic rings. The Morgan fingerprint density at radius 3 is 2.94 bits per heavy atom. The molecule has 0 amide bonds. The van der Waals surface area contributed by atoms with Gasteiger partial charge < -0.3 is 10.6 Å². The predicted molar refractivity (Wildman–Crippen MR) is 66.7 cm³/mol. The lowest BCUT2D eigenvalue weighted by Gasteiger charge is -2.07. The second kappa shape index (κ2) is 4.71. The molecule has 2 aromatic rings. The Balaban J connectivity index is 2.15. The van der Waals surface area contributed by atoms with Gasteiger partial charge in [0.15, 0.2) is 10.8 Å². The summed E-state index contributed by atoms with van der Waals surface area (Å²) in [7, 11) is 4.11. The molecule has 2 rings (SSSR count). The Morgan fingerprint density at radius 2 is 2.19 bits per heavy atom. The van der Waals surface area contributed by atoms with Crippen molar-refractivity contribution in [3.8, 4) is 0 Å². The first-order valence-electron chi connectivity index (χ1n) is 5.04. The number of fused-ring (bicyclic) bond motifs is 1. The molecule has 5 nitrogen and oxygen atoms in total. The highest BCUT2D eigenvalue weighted by atomic mass is 32.2. The lowest BCUT2D eigenvalue weighted by Crippen LogP contribution is -2.14. The molecular formula is C10H15N5S. The first-order chi connectivity index (χ1) is 7.66. The number of thioether (sulfide) groups is 1. The molecule has 0 atom stereocenters. The Bertz CT molecular complexity index is 479. The van der Waals surface area contributed by atoms with Crippen LogP contribution in [0.1, 0.15) is 0 Å². The van der Waals surface area contributed by atoms with Crippen LogP contribution >= 0.6 is 11.8 Å². The Kier molecular flexibility index (Phi) is 3.31. The molecule has 0 fully saturated rings. The van der Waals surface area contributed by atoms with E-state index in [4.69, 9.17) is 5.73 Å². The van der Waals surface area contributed by atoms with Crippen LogP contribution in [0.4, 0.5) is 5.69 Å². The van der Waals surface area contributed by atoms with Gasteiger partial charge >= 0.3 is 0 Å². The highest BCUT2D eigenvalue weighted by molar-refractivity contribution is 7.99. The third-order valence-corrected chi connectivity index (χ3v) is 3.09. The summed E-state index contributed by atoms with van der Waals surface area (Å²) in [6.45, 7) is 1.02. The number of rotatable bonds is 4. The molecule has 0 saturated heterocycles. The maximum absolute atomic E-state index is 5.73. The molecule has 2 aromatic heterocycles. The maximum Gasteiger partial charge on any atom is 0.195 e. The van der Waals surface area contributed by atoms with E-state index >= 15 is 0 Å². The fourth-order valence-corrected chi connectivity index (χ4v) is 2.33. The van der Waals surface area contributed by atoms with Crippen LogP contribution in [0.15, 0.2) is 23.5 Å². The summed E-state index contributed by atoms with van der Waals surface area (Å²) in [6, 6.07) is 3.70. The van der Waals surface area contributed by atoms with E-state index < -0.39 is 0 Å². The summed E-state index contributed by atoms with van der Waals surface area (Å²) in [5.74, 6) is 0.989. The maximum atomic E-state index is 5.73. The lowest BCUT2D eigenvalue weighted by molar-refractivity contribution is 0.437. The van der Waals surface area contributed by atoms with Crippen molar-refractivity contribution in [2.75, 3.05) is 32.1 Å². The molecule has 6 heteroatoms. The van der Waals surface area contributed by atoms with Crippen LogP contribution in [0.2, 0.25) is 0 Å². The van der Waals surface area contributed by atoms with Crippen LogP contribution in [-0.4, -0.2) is 45.9 Å². The number of aromatic nitrogens is 3. The van der Waals surface area contributed by atoms with Gasteiger partial charge in [-0.3, -0.25) is 4.40 Å². The fraction of sp³-hybridized carbons (Fsp3) is 0.400. The SMILES string of the molecule is CN(C)CCSc1nnc2ccc(N)cn12. The largest absolute Gasteiger partial charge is 0.398 e. The quantitative estimate of drug-likeness (QED) is 0.803. The summed E-state index contributed by atoms with van der Waals surface area (Å²) in [5, 5.41) is 9.11. The van der Waals surface area contributed by atoms with E-state index in [0.717, 1.165) is 28.8 Å². The third-order valence-electron chi connectivity index (χ3n) is 2.16. The van der Waals surface area contributed by atoms with Crippen molar-refractivity contribution in [1.29, 1.82) is 0 Å². The summed E-state index contributed by atoms with van der Waals surface area (Å²) < 4.78 is 1.93. The van der Waals surface area contributed by atoms with Gasteiger partial charge in [-0.25, -0.2) is 0 Å². The van der Waals surface area contributed by atoms with Crippen LogP contribution in [0.25, 0.3) is 5.65 Å². The number of nitrogen functional groups attached to an aromatic ring is 1. The van der Waals surface area contributed by atoms with Gasteiger partial charge in [0.25, 0.3) is 0 Å². The molecule has 2 heterocycles. The Labute approximate surface area is 98.6 Å². The van der Waals surface area contributed by atoms with Crippen LogP contribution in [0.3, 0.4) is 0 Å². The molecular weight excluding hydrogens is 222 g/mol. The molecule has 0 unspecified atom stereocenters. The molecule has 0 spiro atoms. The van der Waals surface area contributed by atoms with E-state index in [1.165, 1.54) is 0 Å². The van der Waals surface area contributed by atoms with Crippen molar-refractivity contribution in [3.05, 3.63) is 18.3 Å². The molecule has 0 radical (unpaired) electrons. The van der Waals surface area contributed by atoms with Gasteiger partial charge in [-0.2, -0.15) is 0 Å². The number of hydrogen-bond acceptors (Lipinski definition) is 5. The highest BCUT2D eigenvalue weighted by Gasteiger charge is 2.05. The Morgan fingerprint density at radius 1 is 1.38 bits per heavy atom. The van der Waals surface area contributed by atoms with E-state index in [0.29, 0.717) is 0 Å². The first-order valence-corrected chi connectivity index (χ1v) is 6.03. The summed E-state index contributed by atoms with van der Waals surface area (Å²) in [4.78, 5) is 2.14. The number of nitrogens with zero attached hydrogens (tertiary/aromatic N) is 4. The van der Waals surface area contributed by atoms with Gasteiger partial charge in [-0.05, 0) is 26.2 Å². The highest BCUT2D eigenvalue weighted by Crippen LogP contribution is 2.17. The third kappa shape index (κ3) is 2.45. The number of anilines is 1. The van der Waals surface area contributed by atoms with Crippen molar-refractivity contribution in [1.82, 2.24) is 19.5 Å². The molecule has 0 aliphatic carbocycles. The minimum atomic E-state index is 0.724. The van der Waals surface area contributed by atoms with Gasteiger partial charge in [0, 0.05) is 24.2 Å². The number of nitrogens with two attached hydrogens (primary N) is 1. The number of hydrogen-bond donors (Lipinski definition) is 1. The topological polar surface area (TPSA) is 59.5 Å². The normalized spacial score (nSPS) is 11.4. The zero-order valence-electron chi connectivity index (χ0n) is 9.42. The minimum Gasteiger partial charge on any atom is -0.398 e. The number of pyridine rings is 1. The second-order valence-electron chi connectivity index (χ2n) is 3.82. The minimum absolute atomic E-state index is 0.724. The monoisotopic (exact) mass is 237 g/mol. The predicted octanol–water partition coefficient (Wildman–Crippen LogP) is 0.965. The van der Waals surface area contributed by atoms with Gasteiger partial charge in [-0.15, -0.1) is 10.2 Å². The van der Waals surface area contributed by atoms with E-state index in [9.17, 15) is 0 Å². The average Bonchev–Trinajstić information content (AvgIpc) is 2.60. The van der Waals surface area contributed by atoms with Gasteiger partial charge in [0.2, 0.25) is 0 Å². The fourth-order valence-electron chi connectivity index (χ4n) is 1.30. The van der Waals surface area contributed by atoms with E-state index in [-0.39, 0.29) is 0 Å². The van der Waals surface area contributed by atoms with E-state index in [2.05, 4.69) is 29.2 Å². The summed E-state index contributed by atoms with van der Waals surface area (Å²) in [5.41, 5.74) is 7.29. The zero-order chi connectivity index (χ0) is 11.5. The standard InChI is InChI=1S/C10H15N5S/c1-14(2)5-6-16-10-13-12-9-4-3-8(11)7-15(9)10/h3-4,7H,5-6,11H2,1-2H3. The van der Waals surface area contributed by atoms with Crippen LogP contribution in [0, 0.1) is 0 Å². The molecule has 0 saturated carbocycles. The summed E-state index contributed by atoms with van der Waals surface area (Å²) >= 11 is 1.69. The first kappa shape index (κ1) is 11.2. The van der Waals surface area contributed by atoms with Crippen molar-refractivity contribution in [3.63, 3.8) is 0 Å². The molecule has 0 aliphatic heterocycles. The molecule has 0 bridgehead atoms. The van der Waals surface area contributed by atoms with Crippen LogP contribution < -0.4 is 5.73 Å². The van der Waals surface area contributed by atoms with Gasteiger partial charge in [0.1, 0.15) is 0 Å². The van der Waals surface area contributed by atoms with Gasteiger partial charge in [0.05, 0.1) is 0 Å². The smallest absolute Gasteiger partial charge is 0.195 e. The molecule has 16 heavy (non-hydrogen) atoms. The molecule has 2 N–H and O–H groups in total. The molecule has 86 valence electrons. The van der Waals surface area contributed by atoms with Gasteiger partial charge in [-0.1, -0.05) is 11.8 Å². The van der Waals surface area contributed by atoms with Crippen LogP contribution in [-0.2, 0) is 0 Å². The molecule has 0 aromatic carbocycles. The van der Waals surface area contributed by atoms with Crippen molar-refractivity contribution < 1.29 is 0 Å². The van der Waals surface area contributed by atoms with E-state index in [1.807, 2.05) is 22.7 Å². The van der Waals surface area contributed by atoms with Crippen LogP contribution in [0.5, 0.6) is 0 Å². The van der Waals surface area contributed by atoms with Crippen molar-refractivity contribution in [2.45, 2.75) is 5.16 Å². The Hall–Kier alpha value is -1.27. The lowest BCUT2D eigenvalue weighted by atomic mass is 10.4. The average molecular weight is 237 g/mol. The van der Waals surface area contributed by atoms with E-state index in [1.54, 1.807) is 11.8 Å². The van der Waals surface area contributed by atoms with Crippen molar-refractivity contribution >= 4 is 23.1 Å². The summed E-state index contributed by atoms with van der Waals surface area (Å²) in [6.07, 6.45) is 1.85.